The van der Waals surface area contributed by atoms with Crippen LogP contribution in [0.25, 0.3) is 0 Å². The first kappa shape index (κ1) is 13.0. The van der Waals surface area contributed by atoms with Crippen molar-refractivity contribution in [1.82, 2.24) is 0 Å². The van der Waals surface area contributed by atoms with Gasteiger partial charge in [0, 0.05) is 30.8 Å². The van der Waals surface area contributed by atoms with Crippen LogP contribution in [0.2, 0.25) is 0 Å². The minimum absolute atomic E-state index is 0.125. The Balaban J connectivity index is 2.50. The monoisotopic (exact) mass is 232 g/mol. The van der Waals surface area contributed by atoms with E-state index in [0.29, 0.717) is 0 Å². The van der Waals surface area contributed by atoms with Gasteiger partial charge in [0.2, 0.25) is 0 Å². The Bertz CT molecular complexity index is 436. The average molecular weight is 232 g/mol. The molecule has 0 heterocycles. The molecule has 0 aromatic heterocycles. The molecule has 0 unspecified atom stereocenters. The lowest BCUT2D eigenvalue weighted by Gasteiger charge is -2.08. The predicted molar refractivity (Wildman–Crippen MR) is 69.0 cm³/mol. The van der Waals surface area contributed by atoms with E-state index in [1.54, 1.807) is 12.1 Å². The number of nitro benzene ring substituents is 1. The molecule has 0 fully saturated rings. The van der Waals surface area contributed by atoms with Gasteiger partial charge in [0.05, 0.1) is 4.92 Å². The number of rotatable bonds is 6. The van der Waals surface area contributed by atoms with E-state index in [1.165, 1.54) is 6.07 Å². The molecular weight excluding hydrogens is 216 g/mol. The lowest BCUT2D eigenvalue weighted by atomic mass is 10.1. The van der Waals surface area contributed by atoms with E-state index in [9.17, 15) is 10.1 Å². The molecule has 1 N–H and O–H groups in total. The first-order valence-corrected chi connectivity index (χ1v) is 5.57. The predicted octanol–water partition coefficient (Wildman–Crippen LogP) is 3.12. The van der Waals surface area contributed by atoms with Crippen molar-refractivity contribution in [1.29, 1.82) is 0 Å². The Morgan fingerprint density at radius 3 is 2.82 bits per heavy atom. The summed E-state index contributed by atoms with van der Waals surface area (Å²) < 4.78 is 0. The number of aryl methyl sites for hydroxylation is 1. The number of unbranched alkanes of at least 4 members (excludes halogenated alkanes) is 2. The zero-order valence-corrected chi connectivity index (χ0v) is 9.90. The minimum Gasteiger partial charge on any atom is -0.385 e. The summed E-state index contributed by atoms with van der Waals surface area (Å²) in [5.74, 6) is 2.59. The highest BCUT2D eigenvalue weighted by atomic mass is 16.6. The maximum atomic E-state index is 10.6. The van der Waals surface area contributed by atoms with Crippen LogP contribution >= 0.6 is 0 Å². The number of hydrogen-bond acceptors (Lipinski definition) is 3. The van der Waals surface area contributed by atoms with Gasteiger partial charge in [-0.3, -0.25) is 10.1 Å². The Morgan fingerprint density at radius 2 is 2.24 bits per heavy atom. The number of hydrogen-bond donors (Lipinski definition) is 1. The zero-order chi connectivity index (χ0) is 12.7. The lowest BCUT2D eigenvalue weighted by Crippen LogP contribution is -2.03. The van der Waals surface area contributed by atoms with E-state index >= 15 is 0 Å². The third-order valence-corrected chi connectivity index (χ3v) is 2.48. The second-order valence-electron chi connectivity index (χ2n) is 3.84. The van der Waals surface area contributed by atoms with Crippen molar-refractivity contribution < 1.29 is 4.92 Å². The van der Waals surface area contributed by atoms with Crippen molar-refractivity contribution in [3.63, 3.8) is 0 Å². The number of nitrogens with zero attached hydrogens (tertiary/aromatic N) is 1. The topological polar surface area (TPSA) is 55.2 Å². The molecule has 4 heteroatoms. The van der Waals surface area contributed by atoms with Gasteiger partial charge in [0.25, 0.3) is 5.69 Å². The Kier molecular flexibility index (Phi) is 5.02. The van der Waals surface area contributed by atoms with Crippen molar-refractivity contribution in [2.45, 2.75) is 26.2 Å². The average Bonchev–Trinajstić information content (AvgIpc) is 2.30. The first-order valence-electron chi connectivity index (χ1n) is 5.57. The van der Waals surface area contributed by atoms with Gasteiger partial charge in [-0.05, 0) is 31.4 Å². The molecule has 0 spiro atoms. The summed E-state index contributed by atoms with van der Waals surface area (Å²) in [6.45, 7) is 2.69. The number of nitrogens with one attached hydrogen (secondary N) is 1. The standard InChI is InChI=1S/C13H16N2O2/c1-3-4-5-6-9-14-13-8-7-12(15(16)17)10-11(13)2/h1,7-8,10,14H,4-6,9H2,2H3. The Morgan fingerprint density at radius 1 is 1.47 bits per heavy atom. The second kappa shape index (κ2) is 6.54. The van der Waals surface area contributed by atoms with Crippen LogP contribution in [0.5, 0.6) is 0 Å². The molecule has 0 aliphatic rings. The molecule has 1 aromatic rings. The number of terminal acetylenes is 1. The van der Waals surface area contributed by atoms with Gasteiger partial charge in [0.15, 0.2) is 0 Å². The van der Waals surface area contributed by atoms with Gasteiger partial charge in [-0.25, -0.2) is 0 Å². The molecule has 0 aliphatic heterocycles. The summed E-state index contributed by atoms with van der Waals surface area (Å²) in [6.07, 6.45) is 7.95. The van der Waals surface area contributed by atoms with Crippen LogP contribution in [0.4, 0.5) is 11.4 Å². The Hall–Kier alpha value is -2.02. The third-order valence-electron chi connectivity index (χ3n) is 2.48. The normalized spacial score (nSPS) is 9.65. The maximum Gasteiger partial charge on any atom is 0.269 e. The molecule has 1 aromatic carbocycles. The summed E-state index contributed by atoms with van der Waals surface area (Å²) >= 11 is 0. The summed E-state index contributed by atoms with van der Waals surface area (Å²) in [6, 6.07) is 4.83. The number of benzene rings is 1. The van der Waals surface area contributed by atoms with Crippen LogP contribution in [0, 0.1) is 29.4 Å². The SMILES string of the molecule is C#CCCCCNc1ccc([N+](=O)[O-])cc1C. The third kappa shape index (κ3) is 4.15. The second-order valence-corrected chi connectivity index (χ2v) is 3.84. The molecule has 17 heavy (non-hydrogen) atoms. The van der Waals surface area contributed by atoms with Crippen LogP contribution in [-0.4, -0.2) is 11.5 Å². The highest BCUT2D eigenvalue weighted by Gasteiger charge is 2.07. The van der Waals surface area contributed by atoms with E-state index in [2.05, 4.69) is 11.2 Å². The summed E-state index contributed by atoms with van der Waals surface area (Å²) in [5.41, 5.74) is 1.95. The molecule has 1 rings (SSSR count). The zero-order valence-electron chi connectivity index (χ0n) is 9.90. The van der Waals surface area contributed by atoms with Gasteiger partial charge >= 0.3 is 0 Å². The van der Waals surface area contributed by atoms with Gasteiger partial charge in [-0.15, -0.1) is 12.3 Å². The number of non-ortho nitro benzene ring substituents is 1. The minimum atomic E-state index is -0.385. The molecule has 90 valence electrons. The largest absolute Gasteiger partial charge is 0.385 e. The molecule has 0 bridgehead atoms. The summed E-state index contributed by atoms with van der Waals surface area (Å²) in [7, 11) is 0. The van der Waals surface area contributed by atoms with Crippen LogP contribution in [0.3, 0.4) is 0 Å². The molecule has 0 saturated carbocycles. The molecule has 0 saturated heterocycles. The van der Waals surface area contributed by atoms with Crippen molar-refractivity contribution in [2.24, 2.45) is 0 Å². The van der Waals surface area contributed by atoms with Crippen LogP contribution in [0.15, 0.2) is 18.2 Å². The molecule has 0 radical (unpaired) electrons. The van der Waals surface area contributed by atoms with E-state index in [1.807, 2.05) is 6.92 Å². The van der Waals surface area contributed by atoms with Crippen molar-refractivity contribution in [2.75, 3.05) is 11.9 Å². The van der Waals surface area contributed by atoms with Crippen molar-refractivity contribution >= 4 is 11.4 Å². The van der Waals surface area contributed by atoms with Gasteiger partial charge in [0.1, 0.15) is 0 Å². The van der Waals surface area contributed by atoms with Gasteiger partial charge < -0.3 is 5.32 Å². The van der Waals surface area contributed by atoms with Crippen molar-refractivity contribution in [3.8, 4) is 12.3 Å². The van der Waals surface area contributed by atoms with Crippen LogP contribution < -0.4 is 5.32 Å². The van der Waals surface area contributed by atoms with E-state index in [-0.39, 0.29) is 10.6 Å². The molecular formula is C13H16N2O2. The molecule has 0 atom stereocenters. The van der Waals surface area contributed by atoms with Gasteiger partial charge in [-0.1, -0.05) is 0 Å². The summed E-state index contributed by atoms with van der Waals surface area (Å²) in [5, 5.41) is 13.8. The van der Waals surface area contributed by atoms with Gasteiger partial charge in [-0.2, -0.15) is 0 Å². The highest BCUT2D eigenvalue weighted by molar-refractivity contribution is 5.55. The summed E-state index contributed by atoms with van der Waals surface area (Å²) in [4.78, 5) is 10.2. The fourth-order valence-corrected chi connectivity index (χ4v) is 1.53. The van der Waals surface area contributed by atoms with Crippen LogP contribution in [0.1, 0.15) is 24.8 Å². The first-order chi connectivity index (χ1) is 8.15. The smallest absolute Gasteiger partial charge is 0.269 e. The van der Waals surface area contributed by atoms with Crippen molar-refractivity contribution in [3.05, 3.63) is 33.9 Å². The fraction of sp³-hybridized carbons (Fsp3) is 0.385. The lowest BCUT2D eigenvalue weighted by molar-refractivity contribution is -0.384. The van der Waals surface area contributed by atoms with Crippen LogP contribution in [-0.2, 0) is 0 Å². The molecule has 4 nitrogen and oxygen atoms in total. The van der Waals surface area contributed by atoms with E-state index < -0.39 is 0 Å². The number of anilines is 1. The number of nitro groups is 1. The fourth-order valence-electron chi connectivity index (χ4n) is 1.53. The van der Waals surface area contributed by atoms with E-state index in [4.69, 9.17) is 6.42 Å². The highest BCUT2D eigenvalue weighted by Crippen LogP contribution is 2.21. The molecule has 0 amide bonds. The molecule has 0 aliphatic carbocycles. The quantitative estimate of drug-likeness (QED) is 0.355. The maximum absolute atomic E-state index is 10.6. The Labute approximate surface area is 101 Å². The van der Waals surface area contributed by atoms with E-state index in [0.717, 1.165) is 37.1 Å².